The van der Waals surface area contributed by atoms with E-state index >= 15 is 0 Å². The Bertz CT molecular complexity index is 816. The molecule has 0 aromatic heterocycles. The molecule has 0 N–H and O–H groups in total. The van der Waals surface area contributed by atoms with Crippen molar-refractivity contribution in [3.63, 3.8) is 0 Å². The molecule has 1 aliphatic rings. The average Bonchev–Trinajstić information content (AvgIpc) is 2.88. The van der Waals surface area contributed by atoms with Gasteiger partial charge in [0.1, 0.15) is 19.0 Å². The van der Waals surface area contributed by atoms with E-state index in [1.165, 1.54) is 0 Å². The van der Waals surface area contributed by atoms with Crippen LogP contribution in [0, 0.1) is 0 Å². The zero-order valence-corrected chi connectivity index (χ0v) is 15.4. The van der Waals surface area contributed by atoms with E-state index in [2.05, 4.69) is 15.9 Å². The number of nitrogens with zero attached hydrogens (tertiary/aromatic N) is 1. The van der Waals surface area contributed by atoms with Gasteiger partial charge in [-0.1, -0.05) is 34.1 Å². The summed E-state index contributed by atoms with van der Waals surface area (Å²) >= 11 is 3.34. The van der Waals surface area contributed by atoms with Crippen molar-refractivity contribution in [3.05, 3.63) is 64.1 Å². The Morgan fingerprint density at radius 1 is 0.962 bits per heavy atom. The van der Waals surface area contributed by atoms with Gasteiger partial charge in [-0.3, -0.25) is 19.3 Å². The summed E-state index contributed by atoms with van der Waals surface area (Å²) in [6.45, 7) is 0.306. The molecule has 6 nitrogen and oxygen atoms in total. The van der Waals surface area contributed by atoms with E-state index in [4.69, 9.17) is 9.47 Å². The molecule has 3 rings (SSSR count). The molecule has 0 aliphatic carbocycles. The molecule has 0 bridgehead atoms. The van der Waals surface area contributed by atoms with Crippen molar-refractivity contribution in [1.82, 2.24) is 4.90 Å². The van der Waals surface area contributed by atoms with E-state index < -0.39 is 5.97 Å². The second kappa shape index (κ2) is 8.14. The van der Waals surface area contributed by atoms with Crippen LogP contribution in [0.1, 0.15) is 27.1 Å². The number of fused-ring (bicyclic) bond motifs is 1. The number of imide groups is 1. The lowest BCUT2D eigenvalue weighted by Crippen LogP contribution is -2.32. The summed E-state index contributed by atoms with van der Waals surface area (Å²) in [5.74, 6) is -0.575. The van der Waals surface area contributed by atoms with Crippen molar-refractivity contribution < 1.29 is 23.9 Å². The molecule has 134 valence electrons. The molecule has 1 heterocycles. The number of carbonyl (C=O) groups excluding carboxylic acids is 3. The molecule has 0 radical (unpaired) electrons. The van der Waals surface area contributed by atoms with Crippen LogP contribution in [-0.2, 0) is 9.53 Å². The van der Waals surface area contributed by atoms with E-state index in [0.29, 0.717) is 16.9 Å². The van der Waals surface area contributed by atoms with Crippen molar-refractivity contribution in [1.29, 1.82) is 0 Å². The third-order valence-corrected chi connectivity index (χ3v) is 4.32. The first-order valence-corrected chi connectivity index (χ1v) is 8.85. The van der Waals surface area contributed by atoms with Gasteiger partial charge in [-0.25, -0.2) is 0 Å². The summed E-state index contributed by atoms with van der Waals surface area (Å²) in [6, 6.07) is 13.9. The molecule has 2 amide bonds. The number of halogens is 1. The van der Waals surface area contributed by atoms with Gasteiger partial charge in [-0.05, 0) is 30.3 Å². The lowest BCUT2D eigenvalue weighted by atomic mass is 10.1. The second-order valence-corrected chi connectivity index (χ2v) is 6.50. The molecule has 0 spiro atoms. The number of rotatable bonds is 7. The Balaban J connectivity index is 1.41. The van der Waals surface area contributed by atoms with E-state index in [0.717, 1.165) is 9.37 Å². The van der Waals surface area contributed by atoms with Gasteiger partial charge >= 0.3 is 5.97 Å². The smallest absolute Gasteiger partial charge is 0.307 e. The topological polar surface area (TPSA) is 72.9 Å². The fourth-order valence-corrected chi connectivity index (χ4v) is 2.97. The van der Waals surface area contributed by atoms with Crippen molar-refractivity contribution >= 4 is 33.7 Å². The monoisotopic (exact) mass is 417 g/mol. The third kappa shape index (κ3) is 4.11. The molecule has 26 heavy (non-hydrogen) atoms. The molecule has 0 atom stereocenters. The van der Waals surface area contributed by atoms with Crippen LogP contribution in [0.3, 0.4) is 0 Å². The van der Waals surface area contributed by atoms with Gasteiger partial charge < -0.3 is 9.47 Å². The SMILES string of the molecule is O=C(CCN1C(=O)c2ccccc2C1=O)OCCOc1cccc(Br)c1. The first-order valence-electron chi connectivity index (χ1n) is 8.05. The minimum Gasteiger partial charge on any atom is -0.490 e. The molecule has 7 heteroatoms. The predicted octanol–water partition coefficient (Wildman–Crippen LogP) is 3.06. The number of benzene rings is 2. The van der Waals surface area contributed by atoms with E-state index in [9.17, 15) is 14.4 Å². The third-order valence-electron chi connectivity index (χ3n) is 3.83. The van der Waals surface area contributed by atoms with Gasteiger partial charge in [0.15, 0.2) is 0 Å². The van der Waals surface area contributed by atoms with Crippen LogP contribution in [0.15, 0.2) is 53.0 Å². The quantitative estimate of drug-likeness (QED) is 0.393. The highest BCUT2D eigenvalue weighted by molar-refractivity contribution is 9.10. The molecule has 0 saturated heterocycles. The standard InChI is InChI=1S/C19H16BrNO5/c20-13-4-3-5-14(12-13)25-10-11-26-17(22)8-9-21-18(23)15-6-1-2-7-16(15)19(21)24/h1-7,12H,8-11H2. The number of ether oxygens (including phenoxy) is 2. The molecule has 1 aliphatic heterocycles. The van der Waals surface area contributed by atoms with E-state index in [1.807, 2.05) is 18.2 Å². The van der Waals surface area contributed by atoms with Crippen LogP contribution >= 0.6 is 15.9 Å². The van der Waals surface area contributed by atoms with E-state index in [-0.39, 0.29) is 38.0 Å². The van der Waals surface area contributed by atoms with Gasteiger partial charge in [0.05, 0.1) is 17.5 Å². The van der Waals surface area contributed by atoms with Gasteiger partial charge in [0, 0.05) is 11.0 Å². The first-order chi connectivity index (χ1) is 12.6. The van der Waals surface area contributed by atoms with Gasteiger partial charge in [-0.2, -0.15) is 0 Å². The Morgan fingerprint density at radius 2 is 1.65 bits per heavy atom. The molecular formula is C19H16BrNO5. The molecule has 2 aromatic carbocycles. The van der Waals surface area contributed by atoms with Crippen LogP contribution in [0.2, 0.25) is 0 Å². The highest BCUT2D eigenvalue weighted by Gasteiger charge is 2.35. The highest BCUT2D eigenvalue weighted by Crippen LogP contribution is 2.22. The minimum atomic E-state index is -0.487. The zero-order valence-electron chi connectivity index (χ0n) is 13.8. The number of esters is 1. The summed E-state index contributed by atoms with van der Waals surface area (Å²) in [6.07, 6.45) is -0.0532. The molecular weight excluding hydrogens is 402 g/mol. The summed E-state index contributed by atoms with van der Waals surface area (Å²) in [5, 5.41) is 0. The lowest BCUT2D eigenvalue weighted by molar-refractivity contribution is -0.144. The first kappa shape index (κ1) is 18.1. The van der Waals surface area contributed by atoms with Crippen LogP contribution in [0.4, 0.5) is 0 Å². The molecule has 0 unspecified atom stereocenters. The predicted molar refractivity (Wildman–Crippen MR) is 97.0 cm³/mol. The minimum absolute atomic E-state index is 0.00231. The Hall–Kier alpha value is -2.67. The number of amides is 2. The average molecular weight is 418 g/mol. The number of hydrogen-bond acceptors (Lipinski definition) is 5. The summed E-state index contributed by atoms with van der Waals surface area (Å²) in [4.78, 5) is 37.3. The molecule has 0 fully saturated rings. The van der Waals surface area contributed by atoms with E-state index in [1.54, 1.807) is 30.3 Å². The molecule has 0 saturated carbocycles. The van der Waals surface area contributed by atoms with Gasteiger partial charge in [-0.15, -0.1) is 0 Å². The fraction of sp³-hybridized carbons (Fsp3) is 0.211. The second-order valence-electron chi connectivity index (χ2n) is 5.58. The normalized spacial score (nSPS) is 12.9. The fourth-order valence-electron chi connectivity index (χ4n) is 2.59. The van der Waals surface area contributed by atoms with Gasteiger partial charge in [0.2, 0.25) is 0 Å². The summed E-state index contributed by atoms with van der Waals surface area (Å²) in [5.41, 5.74) is 0.738. The Labute approximate surface area is 158 Å². The van der Waals surface area contributed by atoms with Crippen molar-refractivity contribution in [2.75, 3.05) is 19.8 Å². The summed E-state index contributed by atoms with van der Waals surface area (Å²) in [7, 11) is 0. The van der Waals surface area contributed by atoms with Crippen molar-refractivity contribution in [2.24, 2.45) is 0 Å². The lowest BCUT2D eigenvalue weighted by Gasteiger charge is -2.13. The number of hydrogen-bond donors (Lipinski definition) is 0. The van der Waals surface area contributed by atoms with Gasteiger partial charge in [0.25, 0.3) is 11.8 Å². The summed E-state index contributed by atoms with van der Waals surface area (Å²) < 4.78 is 11.4. The maximum absolute atomic E-state index is 12.2. The van der Waals surface area contributed by atoms with Crippen LogP contribution in [-0.4, -0.2) is 42.4 Å². The maximum atomic E-state index is 12.2. The largest absolute Gasteiger partial charge is 0.490 e. The van der Waals surface area contributed by atoms with Crippen molar-refractivity contribution in [3.8, 4) is 5.75 Å². The molecule has 2 aromatic rings. The Kier molecular flexibility index (Phi) is 5.68. The highest BCUT2D eigenvalue weighted by atomic mass is 79.9. The maximum Gasteiger partial charge on any atom is 0.307 e. The van der Waals surface area contributed by atoms with Crippen LogP contribution < -0.4 is 4.74 Å². The number of carbonyl (C=O) groups is 3. The Morgan fingerprint density at radius 3 is 2.31 bits per heavy atom. The zero-order chi connectivity index (χ0) is 18.5. The van der Waals surface area contributed by atoms with Crippen LogP contribution in [0.5, 0.6) is 5.75 Å². The van der Waals surface area contributed by atoms with Crippen LogP contribution in [0.25, 0.3) is 0 Å². The van der Waals surface area contributed by atoms with Crippen molar-refractivity contribution in [2.45, 2.75) is 6.42 Å².